The van der Waals surface area contributed by atoms with Crippen LogP contribution in [0, 0.1) is 0 Å². The van der Waals surface area contributed by atoms with Crippen molar-refractivity contribution in [1.29, 1.82) is 0 Å². The molecule has 0 aliphatic carbocycles. The van der Waals surface area contributed by atoms with Gasteiger partial charge in [0, 0.05) is 6.42 Å². The Morgan fingerprint density at radius 1 is 0.689 bits per heavy atom. The molecule has 0 aromatic carbocycles. The maximum Gasteiger partial charge on any atom is 0.306 e. The maximum atomic E-state index is 12.5. The molecule has 0 heterocycles. The first kappa shape index (κ1) is 44.1. The predicted octanol–water partition coefficient (Wildman–Crippen LogP) is 9.65. The Balaban J connectivity index is 4.25. The number of quaternary nitrogens is 1. The molecule has 0 saturated carbocycles. The highest BCUT2D eigenvalue weighted by Gasteiger charge is 2.20. The van der Waals surface area contributed by atoms with Crippen molar-refractivity contribution in [3.05, 3.63) is 12.3 Å². The van der Waals surface area contributed by atoms with E-state index in [0.717, 1.165) is 32.1 Å². The summed E-state index contributed by atoms with van der Waals surface area (Å²) >= 11 is 0. The van der Waals surface area contributed by atoms with E-state index in [2.05, 4.69) is 13.8 Å². The highest BCUT2D eigenvalue weighted by molar-refractivity contribution is 7.45. The topological polar surface area (TPSA) is 94.1 Å². The van der Waals surface area contributed by atoms with E-state index in [0.29, 0.717) is 17.4 Å². The number of hydrogen-bond donors (Lipinski definition) is 0. The Morgan fingerprint density at radius 3 is 1.64 bits per heavy atom. The summed E-state index contributed by atoms with van der Waals surface area (Å²) in [4.78, 5) is 24.7. The first-order valence-electron chi connectivity index (χ1n) is 18.5. The fraction of sp³-hybridized carbons (Fsp3) is 0.917. The molecule has 9 heteroatoms. The summed E-state index contributed by atoms with van der Waals surface area (Å²) in [5.74, 6) is -0.362. The Kier molecular flexibility index (Phi) is 29.8. The van der Waals surface area contributed by atoms with E-state index < -0.39 is 13.9 Å². The molecule has 8 nitrogen and oxygen atoms in total. The summed E-state index contributed by atoms with van der Waals surface area (Å²) in [6, 6.07) is 0. The van der Waals surface area contributed by atoms with Gasteiger partial charge >= 0.3 is 5.97 Å². The highest BCUT2D eigenvalue weighted by atomic mass is 31.2. The Labute approximate surface area is 278 Å². The number of phosphoric acid groups is 1. The number of esters is 1. The molecule has 0 spiro atoms. The van der Waals surface area contributed by atoms with Gasteiger partial charge in [-0.1, -0.05) is 136 Å². The van der Waals surface area contributed by atoms with Crippen molar-refractivity contribution in [2.24, 2.45) is 0 Å². The van der Waals surface area contributed by atoms with Crippen LogP contribution in [0.4, 0.5) is 0 Å². The molecule has 0 aromatic heterocycles. The third kappa shape index (κ3) is 34.2. The minimum atomic E-state index is -4.52. The van der Waals surface area contributed by atoms with Gasteiger partial charge in [-0.3, -0.25) is 9.36 Å². The van der Waals surface area contributed by atoms with Crippen molar-refractivity contribution in [3.63, 3.8) is 0 Å². The number of allylic oxidation sites excluding steroid dienone is 1. The van der Waals surface area contributed by atoms with Crippen molar-refractivity contribution >= 4 is 13.8 Å². The monoisotopic (exact) mass is 662 g/mol. The van der Waals surface area contributed by atoms with Crippen molar-refractivity contribution in [1.82, 2.24) is 0 Å². The van der Waals surface area contributed by atoms with Gasteiger partial charge in [-0.25, -0.2) is 0 Å². The molecule has 0 rings (SSSR count). The molecule has 2 atom stereocenters. The second-order valence-electron chi connectivity index (χ2n) is 13.7. The summed E-state index contributed by atoms with van der Waals surface area (Å²) in [6.07, 6.45) is 30.4. The molecule has 0 saturated heterocycles. The zero-order chi connectivity index (χ0) is 33.5. The second-order valence-corrected chi connectivity index (χ2v) is 15.1. The highest BCUT2D eigenvalue weighted by Crippen LogP contribution is 2.38. The number of carbonyl (C=O) groups excluding carboxylic acids is 1. The molecule has 268 valence electrons. The summed E-state index contributed by atoms with van der Waals surface area (Å²) < 4.78 is 34.0. The first-order chi connectivity index (χ1) is 21.6. The largest absolute Gasteiger partial charge is 0.756 e. The summed E-state index contributed by atoms with van der Waals surface area (Å²) in [7, 11) is 1.33. The number of likely N-dealkylation sites (N-methyl/N-ethyl adjacent to an activating group) is 1. The van der Waals surface area contributed by atoms with Crippen LogP contribution in [0.5, 0.6) is 0 Å². The van der Waals surface area contributed by atoms with Crippen LogP contribution in [0.15, 0.2) is 12.3 Å². The van der Waals surface area contributed by atoms with Gasteiger partial charge in [0.05, 0.1) is 34.0 Å². The third-order valence-electron chi connectivity index (χ3n) is 7.91. The van der Waals surface area contributed by atoms with Crippen molar-refractivity contribution in [2.75, 3.05) is 47.5 Å². The molecule has 1 unspecified atom stereocenters. The first-order valence-corrected chi connectivity index (χ1v) is 19.9. The number of ether oxygens (including phenoxy) is 2. The normalized spacial score (nSPS) is 14.1. The van der Waals surface area contributed by atoms with E-state index in [-0.39, 0.29) is 25.8 Å². The predicted molar refractivity (Wildman–Crippen MR) is 185 cm³/mol. The fourth-order valence-electron chi connectivity index (χ4n) is 4.98. The molecule has 0 aliphatic heterocycles. The quantitative estimate of drug-likeness (QED) is 0.0223. The van der Waals surface area contributed by atoms with Crippen LogP contribution in [-0.4, -0.2) is 64.1 Å². The number of nitrogens with zero attached hydrogens (tertiary/aromatic N) is 1. The molecule has 0 bridgehead atoms. The molecular weight excluding hydrogens is 589 g/mol. The van der Waals surface area contributed by atoms with Crippen LogP contribution in [0.2, 0.25) is 0 Å². The molecule has 45 heavy (non-hydrogen) atoms. The van der Waals surface area contributed by atoms with Gasteiger partial charge < -0.3 is 27.9 Å². The Hall–Kier alpha value is -0.920. The van der Waals surface area contributed by atoms with Gasteiger partial charge in [-0.05, 0) is 25.3 Å². The average molecular weight is 662 g/mol. The van der Waals surface area contributed by atoms with Crippen LogP contribution in [-0.2, 0) is 27.9 Å². The summed E-state index contributed by atoms with van der Waals surface area (Å²) in [5.41, 5.74) is 0. The average Bonchev–Trinajstić information content (AvgIpc) is 2.98. The Bertz CT molecular complexity index is 741. The van der Waals surface area contributed by atoms with Crippen LogP contribution in [0.1, 0.15) is 162 Å². The minimum Gasteiger partial charge on any atom is -0.756 e. The smallest absolute Gasteiger partial charge is 0.306 e. The van der Waals surface area contributed by atoms with Crippen molar-refractivity contribution < 1.29 is 37.3 Å². The van der Waals surface area contributed by atoms with E-state index in [9.17, 15) is 14.3 Å². The number of phosphoric ester groups is 1. The SMILES string of the molecule is CCCCCCCCCCCCCCCC/C=C/OC[C@@H](COP(=O)([O-])OCC[N+](C)(C)C)OC(=O)CCCCCCCCC. The fourth-order valence-corrected chi connectivity index (χ4v) is 5.71. The molecule has 0 N–H and O–H groups in total. The van der Waals surface area contributed by atoms with Crippen LogP contribution in [0.3, 0.4) is 0 Å². The standard InChI is InChI=1S/C36H72NO7P/c1-6-8-10-12-14-15-16-17-18-19-20-21-22-24-26-28-31-41-33-35(34-43-45(39,40)42-32-30-37(3,4)5)44-36(38)29-27-25-23-13-11-9-7-2/h28,31,35H,6-27,29-30,32-34H2,1-5H3/b31-28+/t35-/m0/s1. The number of hydrogen-bond acceptors (Lipinski definition) is 7. The van der Waals surface area contributed by atoms with Crippen LogP contribution in [0.25, 0.3) is 0 Å². The number of carbonyl (C=O) groups is 1. The van der Waals surface area contributed by atoms with E-state index >= 15 is 0 Å². The second kappa shape index (κ2) is 30.4. The molecule has 0 radical (unpaired) electrons. The molecule has 0 aromatic rings. The van der Waals surface area contributed by atoms with E-state index in [1.165, 1.54) is 109 Å². The number of rotatable bonds is 34. The lowest BCUT2D eigenvalue weighted by Gasteiger charge is -2.28. The van der Waals surface area contributed by atoms with Gasteiger partial charge in [-0.15, -0.1) is 0 Å². The van der Waals surface area contributed by atoms with Crippen LogP contribution < -0.4 is 4.89 Å². The maximum absolute atomic E-state index is 12.5. The van der Waals surface area contributed by atoms with Crippen LogP contribution >= 0.6 is 7.82 Å². The van der Waals surface area contributed by atoms with Gasteiger partial charge in [0.25, 0.3) is 7.82 Å². The summed E-state index contributed by atoms with van der Waals surface area (Å²) in [5, 5.41) is 0. The van der Waals surface area contributed by atoms with Gasteiger partial charge in [-0.2, -0.15) is 0 Å². The van der Waals surface area contributed by atoms with Gasteiger partial charge in [0.1, 0.15) is 19.8 Å². The van der Waals surface area contributed by atoms with E-state index in [1.807, 2.05) is 27.2 Å². The van der Waals surface area contributed by atoms with Crippen molar-refractivity contribution in [3.8, 4) is 0 Å². The van der Waals surface area contributed by atoms with Gasteiger partial charge in [0.2, 0.25) is 0 Å². The lowest BCUT2D eigenvalue weighted by molar-refractivity contribution is -0.870. The number of unbranched alkanes of at least 4 members (excludes halogenated alkanes) is 20. The molecule has 0 fully saturated rings. The molecule has 0 amide bonds. The minimum absolute atomic E-state index is 0.0193. The summed E-state index contributed by atoms with van der Waals surface area (Å²) in [6.45, 7) is 4.69. The lowest BCUT2D eigenvalue weighted by atomic mass is 10.0. The van der Waals surface area contributed by atoms with E-state index in [4.69, 9.17) is 18.5 Å². The molecular formula is C36H72NO7P. The van der Waals surface area contributed by atoms with Gasteiger partial charge in [0.15, 0.2) is 6.10 Å². The zero-order valence-corrected chi connectivity index (χ0v) is 31.0. The zero-order valence-electron chi connectivity index (χ0n) is 30.1. The van der Waals surface area contributed by atoms with Crippen molar-refractivity contribution in [2.45, 2.75) is 168 Å². The van der Waals surface area contributed by atoms with E-state index in [1.54, 1.807) is 6.26 Å². The molecule has 0 aliphatic rings. The lowest BCUT2D eigenvalue weighted by Crippen LogP contribution is -2.37. The third-order valence-corrected chi connectivity index (χ3v) is 8.88. The Morgan fingerprint density at radius 2 is 1.16 bits per heavy atom.